The molecule has 0 fully saturated rings. The number of para-hydroxylation sites is 1. The van der Waals surface area contributed by atoms with E-state index in [-0.39, 0.29) is 24.3 Å². The highest BCUT2D eigenvalue weighted by Crippen LogP contribution is 2.40. The largest absolute Gasteiger partial charge is 0.493 e. The van der Waals surface area contributed by atoms with Crippen LogP contribution < -0.4 is 24.4 Å². The van der Waals surface area contributed by atoms with Gasteiger partial charge < -0.3 is 18.9 Å². The van der Waals surface area contributed by atoms with Gasteiger partial charge in [0.1, 0.15) is 12.6 Å². The van der Waals surface area contributed by atoms with Gasteiger partial charge in [-0.1, -0.05) is 58.5 Å². The summed E-state index contributed by atoms with van der Waals surface area (Å²) < 4.78 is 25.3. The lowest BCUT2D eigenvalue weighted by molar-refractivity contribution is -0.140. The van der Waals surface area contributed by atoms with Gasteiger partial charge in [-0.15, -0.1) is 0 Å². The Labute approximate surface area is 233 Å². The van der Waals surface area contributed by atoms with Gasteiger partial charge in [-0.25, -0.2) is 9.79 Å². The number of allylic oxidation sites excluding steroid dienone is 1. The maximum atomic E-state index is 13.9. The number of halogens is 1. The lowest BCUT2D eigenvalue weighted by Gasteiger charge is -2.27. The first-order chi connectivity index (χ1) is 18.4. The zero-order valence-electron chi connectivity index (χ0n) is 21.7. The summed E-state index contributed by atoms with van der Waals surface area (Å²) >= 11 is 4.71. The monoisotopic (exact) mass is 600 g/mol. The molecular weight excluding hydrogens is 572 g/mol. The molecule has 0 bridgehead atoms. The highest BCUT2D eigenvalue weighted by Gasteiger charge is 2.36. The van der Waals surface area contributed by atoms with E-state index in [4.69, 9.17) is 18.9 Å². The van der Waals surface area contributed by atoms with E-state index in [2.05, 4.69) is 20.9 Å². The summed E-state index contributed by atoms with van der Waals surface area (Å²) in [5.74, 6) is 0.413. The Kier molecular flexibility index (Phi) is 9.19. The number of methoxy groups -OCH3 is 2. The van der Waals surface area contributed by atoms with E-state index < -0.39 is 12.0 Å². The van der Waals surface area contributed by atoms with E-state index in [9.17, 15) is 9.59 Å². The van der Waals surface area contributed by atoms with E-state index in [1.54, 1.807) is 24.7 Å². The number of nitrogens with zero attached hydrogens (tertiary/aromatic N) is 2. The minimum Gasteiger partial charge on any atom is -0.493 e. The van der Waals surface area contributed by atoms with Crippen molar-refractivity contribution in [2.45, 2.75) is 26.3 Å². The molecule has 0 N–H and O–H groups in total. The van der Waals surface area contributed by atoms with Crippen LogP contribution in [0.1, 0.15) is 37.4 Å². The smallest absolute Gasteiger partial charge is 0.338 e. The molecule has 0 radical (unpaired) electrons. The number of hydrogen-bond acceptors (Lipinski definition) is 8. The Hall–Kier alpha value is -3.21. The summed E-state index contributed by atoms with van der Waals surface area (Å²) in [5, 5.41) is 0. The number of carbonyl (C=O) groups excluding carboxylic acids is 1. The number of ether oxygens (including phenoxy) is 4. The van der Waals surface area contributed by atoms with Crippen molar-refractivity contribution in [3.63, 3.8) is 0 Å². The van der Waals surface area contributed by atoms with Crippen molar-refractivity contribution in [3.05, 3.63) is 89.0 Å². The molecule has 8 nitrogen and oxygen atoms in total. The van der Waals surface area contributed by atoms with Gasteiger partial charge >= 0.3 is 5.97 Å². The second-order valence-corrected chi connectivity index (χ2v) is 10.4. The number of carbonyl (C=O) groups is 1. The minimum absolute atomic E-state index is 0.0735. The number of thiazole rings is 1. The fourth-order valence-electron chi connectivity index (χ4n) is 4.15. The van der Waals surface area contributed by atoms with E-state index in [0.29, 0.717) is 38.7 Å². The molecule has 0 aliphatic carbocycles. The van der Waals surface area contributed by atoms with Crippen LogP contribution in [0, 0.1) is 0 Å². The van der Waals surface area contributed by atoms with Crippen LogP contribution in [0.2, 0.25) is 0 Å². The zero-order chi connectivity index (χ0) is 27.2. The van der Waals surface area contributed by atoms with Crippen molar-refractivity contribution in [1.82, 2.24) is 4.57 Å². The average Bonchev–Trinajstić information content (AvgIpc) is 3.21. The second-order valence-electron chi connectivity index (χ2n) is 8.49. The van der Waals surface area contributed by atoms with Gasteiger partial charge in [-0.05, 0) is 43.2 Å². The van der Waals surface area contributed by atoms with Crippen LogP contribution in [0.4, 0.5) is 0 Å². The molecule has 0 spiro atoms. The van der Waals surface area contributed by atoms with Crippen LogP contribution in [0.3, 0.4) is 0 Å². The first kappa shape index (κ1) is 27.8. The van der Waals surface area contributed by atoms with Crippen molar-refractivity contribution in [2.24, 2.45) is 4.99 Å². The van der Waals surface area contributed by atoms with Crippen molar-refractivity contribution >= 4 is 39.3 Å². The summed E-state index contributed by atoms with van der Waals surface area (Å²) in [4.78, 5) is 32.4. The highest BCUT2D eigenvalue weighted by atomic mass is 79.9. The van der Waals surface area contributed by atoms with Gasteiger partial charge in [0, 0.05) is 17.1 Å². The first-order valence-electron chi connectivity index (χ1n) is 12.1. The molecule has 10 heteroatoms. The molecule has 0 unspecified atom stereocenters. The number of hydrogen-bond donors (Lipinski definition) is 0. The molecule has 1 atom stereocenters. The molecule has 0 amide bonds. The van der Waals surface area contributed by atoms with Crippen LogP contribution in [0.25, 0.3) is 6.08 Å². The predicted octanol–water partition coefficient (Wildman–Crippen LogP) is 3.98. The number of fused-ring (bicyclic) bond motifs is 1. The van der Waals surface area contributed by atoms with Gasteiger partial charge in [-0.3, -0.25) is 9.36 Å². The van der Waals surface area contributed by atoms with E-state index >= 15 is 0 Å². The van der Waals surface area contributed by atoms with Crippen LogP contribution in [0.15, 0.2) is 68.0 Å². The third-order valence-electron chi connectivity index (χ3n) is 5.90. The van der Waals surface area contributed by atoms with E-state index in [1.165, 1.54) is 18.4 Å². The molecule has 2 heterocycles. The summed E-state index contributed by atoms with van der Waals surface area (Å²) in [6.45, 7) is 4.51. The average molecular weight is 602 g/mol. The fraction of sp³-hybridized carbons (Fsp3) is 0.321. The van der Waals surface area contributed by atoms with Gasteiger partial charge in [0.05, 0.1) is 36.1 Å². The van der Waals surface area contributed by atoms with Crippen molar-refractivity contribution < 1.29 is 23.7 Å². The first-order valence-corrected chi connectivity index (χ1v) is 13.7. The third-order valence-corrected chi connectivity index (χ3v) is 7.42. The molecule has 0 saturated carbocycles. The Bertz CT molecular complexity index is 1520. The van der Waals surface area contributed by atoms with Gasteiger partial charge in [0.2, 0.25) is 0 Å². The number of rotatable bonds is 10. The molecule has 1 aromatic heterocycles. The Morgan fingerprint density at radius 1 is 1.13 bits per heavy atom. The van der Waals surface area contributed by atoms with E-state index in [1.807, 2.05) is 49.4 Å². The predicted molar refractivity (Wildman–Crippen MR) is 150 cm³/mol. The second kappa shape index (κ2) is 12.6. The lowest BCUT2D eigenvalue weighted by Crippen LogP contribution is -2.40. The summed E-state index contributed by atoms with van der Waals surface area (Å²) in [7, 11) is 3.09. The maximum absolute atomic E-state index is 13.9. The van der Waals surface area contributed by atoms with Gasteiger partial charge in [-0.2, -0.15) is 0 Å². The Morgan fingerprint density at radius 3 is 2.58 bits per heavy atom. The molecular formula is C28H29BrN2O6S. The molecule has 38 heavy (non-hydrogen) atoms. The number of benzene rings is 2. The minimum atomic E-state index is -0.824. The summed E-state index contributed by atoms with van der Waals surface area (Å²) in [5.41, 5.74) is 1.96. The standard InChI is InChI=1S/C28H29BrN2O6S/c1-5-13-36-25-20(7-6-8-21(25)35-4)24-23(27(33)37-15-14-34-3)17(2)30-28-31(24)26(32)22(38-28)16-18-9-11-19(29)12-10-18/h6-12,16,24H,5,13-15H2,1-4H3/b22-16+/t24-/m0/s1. The van der Waals surface area contributed by atoms with Gasteiger partial charge in [0.15, 0.2) is 16.3 Å². The zero-order valence-corrected chi connectivity index (χ0v) is 24.1. The summed E-state index contributed by atoms with van der Waals surface area (Å²) in [6, 6.07) is 12.3. The SMILES string of the molecule is CCCOc1c(OC)cccc1[C@H]1C(C(=O)OCCOC)=C(C)N=c2s/c(=C/c3ccc(Br)cc3)c(=O)n21. The Balaban J connectivity index is 1.95. The van der Waals surface area contributed by atoms with E-state index in [0.717, 1.165) is 16.5 Å². The molecule has 2 aromatic carbocycles. The van der Waals surface area contributed by atoms with Crippen LogP contribution in [-0.4, -0.2) is 44.6 Å². The number of esters is 1. The molecule has 4 rings (SSSR count). The lowest BCUT2D eigenvalue weighted by atomic mass is 9.94. The highest BCUT2D eigenvalue weighted by molar-refractivity contribution is 9.10. The van der Waals surface area contributed by atoms with Crippen molar-refractivity contribution in [1.29, 1.82) is 0 Å². The topological polar surface area (TPSA) is 88.4 Å². The Morgan fingerprint density at radius 2 is 1.89 bits per heavy atom. The fourth-order valence-corrected chi connectivity index (χ4v) is 5.46. The van der Waals surface area contributed by atoms with Crippen LogP contribution in [-0.2, 0) is 14.3 Å². The van der Waals surface area contributed by atoms with Crippen molar-refractivity contribution in [3.8, 4) is 11.5 Å². The van der Waals surface area contributed by atoms with Crippen LogP contribution in [0.5, 0.6) is 11.5 Å². The van der Waals surface area contributed by atoms with Gasteiger partial charge in [0.25, 0.3) is 5.56 Å². The maximum Gasteiger partial charge on any atom is 0.338 e. The quantitative estimate of drug-likeness (QED) is 0.258. The molecule has 0 saturated heterocycles. The van der Waals surface area contributed by atoms with Crippen LogP contribution >= 0.6 is 27.3 Å². The van der Waals surface area contributed by atoms with Crippen molar-refractivity contribution in [2.75, 3.05) is 34.0 Å². The molecule has 3 aromatic rings. The summed E-state index contributed by atoms with van der Waals surface area (Å²) in [6.07, 6.45) is 2.59. The molecule has 1 aliphatic heterocycles. The third kappa shape index (κ3) is 5.77. The molecule has 200 valence electrons. The molecule has 1 aliphatic rings. The number of aromatic nitrogens is 1. The normalized spacial score (nSPS) is 15.2.